The van der Waals surface area contributed by atoms with Crippen LogP contribution in [0.1, 0.15) is 12.5 Å². The van der Waals surface area contributed by atoms with Gasteiger partial charge in [0.05, 0.1) is 32.1 Å². The summed E-state index contributed by atoms with van der Waals surface area (Å²) in [5, 5.41) is 0. The summed E-state index contributed by atoms with van der Waals surface area (Å²) in [6.07, 6.45) is -2.67. The van der Waals surface area contributed by atoms with Crippen molar-refractivity contribution in [1.82, 2.24) is 14.5 Å². The molecule has 0 bridgehead atoms. The van der Waals surface area contributed by atoms with Gasteiger partial charge in [-0.2, -0.15) is 13.2 Å². The Morgan fingerprint density at radius 1 is 1.10 bits per heavy atom. The van der Waals surface area contributed by atoms with Crippen molar-refractivity contribution in [2.24, 2.45) is 7.05 Å². The normalized spacial score (nSPS) is 13.2. The predicted molar refractivity (Wildman–Crippen MR) is 99.8 cm³/mol. The third kappa shape index (κ3) is 3.73. The largest absolute Gasteiger partial charge is 0.416 e. The molecule has 2 heterocycles. The number of pyridine rings is 1. The summed E-state index contributed by atoms with van der Waals surface area (Å²) in [6, 6.07) is 4.01. The molecule has 12 heteroatoms. The van der Waals surface area contributed by atoms with E-state index in [9.17, 15) is 30.0 Å². The smallest absolute Gasteiger partial charge is 0.325 e. The fraction of sp³-hybridized carbons (Fsp3) is 0.294. The van der Waals surface area contributed by atoms with E-state index in [-0.39, 0.29) is 33.2 Å². The zero-order valence-electron chi connectivity index (χ0n) is 15.5. The number of halogens is 3. The zero-order valence-corrected chi connectivity index (χ0v) is 17.2. The van der Waals surface area contributed by atoms with E-state index in [4.69, 9.17) is 0 Å². The molecule has 0 aliphatic rings. The molecule has 0 fully saturated rings. The summed E-state index contributed by atoms with van der Waals surface area (Å²) < 4.78 is 90.2. The van der Waals surface area contributed by atoms with Gasteiger partial charge in [-0.25, -0.2) is 21.8 Å². The molecular weight excluding hydrogens is 431 g/mol. The van der Waals surface area contributed by atoms with Crippen molar-refractivity contribution in [1.29, 1.82) is 0 Å². The average molecular weight is 447 g/mol. The highest BCUT2D eigenvalue weighted by atomic mass is 32.2. The van der Waals surface area contributed by atoms with Gasteiger partial charge in [-0.1, -0.05) is 6.92 Å². The first-order valence-corrected chi connectivity index (χ1v) is 11.8. The van der Waals surface area contributed by atoms with E-state index >= 15 is 0 Å². The lowest BCUT2D eigenvalue weighted by molar-refractivity contribution is -0.137. The van der Waals surface area contributed by atoms with Crippen LogP contribution in [0.5, 0.6) is 0 Å². The second-order valence-corrected chi connectivity index (χ2v) is 10.6. The zero-order chi connectivity index (χ0) is 21.8. The summed E-state index contributed by atoms with van der Waals surface area (Å²) in [5.74, 6) is -0.278. The van der Waals surface area contributed by atoms with E-state index in [1.807, 2.05) is 0 Å². The molecule has 0 atom stereocenters. The summed E-state index contributed by atoms with van der Waals surface area (Å²) >= 11 is 0. The Morgan fingerprint density at radius 2 is 1.76 bits per heavy atom. The van der Waals surface area contributed by atoms with Crippen molar-refractivity contribution in [2.45, 2.75) is 22.9 Å². The number of nitrogens with zero attached hydrogens (tertiary/aromatic N) is 3. The Hall–Kier alpha value is -2.47. The Kier molecular flexibility index (Phi) is 4.98. The van der Waals surface area contributed by atoms with E-state index in [1.165, 1.54) is 36.9 Å². The molecule has 3 aromatic rings. The summed E-state index contributed by atoms with van der Waals surface area (Å²) in [7, 11) is -6.37. The minimum absolute atomic E-state index is 0.0585. The minimum Gasteiger partial charge on any atom is -0.325 e. The van der Waals surface area contributed by atoms with Crippen LogP contribution in [-0.4, -0.2) is 43.4 Å². The Morgan fingerprint density at radius 3 is 2.31 bits per heavy atom. The van der Waals surface area contributed by atoms with Gasteiger partial charge in [0.25, 0.3) is 0 Å². The first kappa shape index (κ1) is 21.2. The van der Waals surface area contributed by atoms with Crippen molar-refractivity contribution in [2.75, 3.05) is 12.0 Å². The molecule has 156 valence electrons. The van der Waals surface area contributed by atoms with E-state index in [1.54, 1.807) is 0 Å². The van der Waals surface area contributed by atoms with Crippen LogP contribution < -0.4 is 0 Å². The SMILES string of the molecule is CCS(=O)(=O)c1cccnc1-c1nc2cc(C(F)(F)F)cc(S(C)(=O)=O)c2n1C. The first-order valence-electron chi connectivity index (χ1n) is 8.23. The fourth-order valence-electron chi connectivity index (χ4n) is 2.93. The van der Waals surface area contributed by atoms with Crippen LogP contribution in [-0.2, 0) is 32.9 Å². The van der Waals surface area contributed by atoms with Crippen molar-refractivity contribution >= 4 is 30.7 Å². The highest BCUT2D eigenvalue weighted by Gasteiger charge is 2.34. The van der Waals surface area contributed by atoms with Crippen LogP contribution in [0.15, 0.2) is 40.3 Å². The average Bonchev–Trinajstić information content (AvgIpc) is 2.96. The molecular formula is C17H16F3N3O4S2. The molecule has 0 amide bonds. The summed E-state index contributed by atoms with van der Waals surface area (Å²) in [4.78, 5) is 7.46. The van der Waals surface area contributed by atoms with Gasteiger partial charge in [-0.15, -0.1) is 0 Å². The van der Waals surface area contributed by atoms with E-state index in [2.05, 4.69) is 9.97 Å². The molecule has 0 N–H and O–H groups in total. The van der Waals surface area contributed by atoms with Gasteiger partial charge < -0.3 is 4.57 Å². The maximum atomic E-state index is 13.3. The highest BCUT2D eigenvalue weighted by molar-refractivity contribution is 7.91. The van der Waals surface area contributed by atoms with Crippen LogP contribution in [0.3, 0.4) is 0 Å². The van der Waals surface area contributed by atoms with Gasteiger partial charge in [-0.05, 0) is 24.3 Å². The van der Waals surface area contributed by atoms with Gasteiger partial charge in [-0.3, -0.25) is 4.98 Å². The maximum absolute atomic E-state index is 13.3. The van der Waals surface area contributed by atoms with Crippen molar-refractivity contribution < 1.29 is 30.0 Å². The lowest BCUT2D eigenvalue weighted by atomic mass is 10.2. The Balaban J connectivity index is 2.45. The summed E-state index contributed by atoms with van der Waals surface area (Å²) in [5.41, 5.74) is -1.54. The van der Waals surface area contributed by atoms with E-state index in [0.29, 0.717) is 6.07 Å². The van der Waals surface area contributed by atoms with Crippen molar-refractivity contribution in [3.05, 3.63) is 36.0 Å². The monoisotopic (exact) mass is 447 g/mol. The third-order valence-electron chi connectivity index (χ3n) is 4.36. The molecule has 0 unspecified atom stereocenters. The molecule has 3 rings (SSSR count). The van der Waals surface area contributed by atoms with Crippen LogP contribution >= 0.6 is 0 Å². The minimum atomic E-state index is -4.78. The van der Waals surface area contributed by atoms with E-state index in [0.717, 1.165) is 12.3 Å². The predicted octanol–water partition coefficient (Wildman–Crippen LogP) is 2.85. The van der Waals surface area contributed by atoms with Crippen molar-refractivity contribution in [3.63, 3.8) is 0 Å². The molecule has 0 saturated carbocycles. The second kappa shape index (κ2) is 6.80. The third-order valence-corrected chi connectivity index (χ3v) is 7.23. The van der Waals surface area contributed by atoms with Gasteiger partial charge in [0.15, 0.2) is 25.5 Å². The number of rotatable bonds is 4. The maximum Gasteiger partial charge on any atom is 0.416 e. The summed E-state index contributed by atoms with van der Waals surface area (Å²) in [6.45, 7) is 1.44. The van der Waals surface area contributed by atoms with Gasteiger partial charge in [0, 0.05) is 19.5 Å². The standard InChI is InChI=1S/C17H16F3N3O4S2/c1-4-29(26,27)12-6-5-7-21-14(12)16-22-11-8-10(17(18,19)20)9-13(28(3,24)25)15(11)23(16)2/h5-9H,4H2,1-3H3. The second-order valence-electron chi connectivity index (χ2n) is 6.36. The lowest BCUT2D eigenvalue weighted by Crippen LogP contribution is -2.09. The van der Waals surface area contributed by atoms with Crippen LogP contribution in [0.25, 0.3) is 22.6 Å². The number of fused-ring (bicyclic) bond motifs is 1. The molecule has 0 radical (unpaired) electrons. The number of imidazole rings is 1. The molecule has 0 aliphatic heterocycles. The molecule has 0 spiro atoms. The highest BCUT2D eigenvalue weighted by Crippen LogP contribution is 2.37. The van der Waals surface area contributed by atoms with Crippen LogP contribution in [0.4, 0.5) is 13.2 Å². The lowest BCUT2D eigenvalue weighted by Gasteiger charge is -2.11. The first-order chi connectivity index (χ1) is 13.3. The Bertz CT molecular complexity index is 1330. The molecule has 7 nitrogen and oxygen atoms in total. The molecule has 29 heavy (non-hydrogen) atoms. The number of benzene rings is 1. The van der Waals surface area contributed by atoms with Crippen LogP contribution in [0.2, 0.25) is 0 Å². The number of aromatic nitrogens is 3. The molecule has 2 aromatic heterocycles. The number of hydrogen-bond donors (Lipinski definition) is 0. The van der Waals surface area contributed by atoms with E-state index < -0.39 is 36.3 Å². The topological polar surface area (TPSA) is 99.0 Å². The molecule has 0 saturated heterocycles. The number of sulfone groups is 2. The number of alkyl halides is 3. The van der Waals surface area contributed by atoms with Gasteiger partial charge >= 0.3 is 6.18 Å². The fourth-order valence-corrected chi connectivity index (χ4v) is 4.90. The van der Waals surface area contributed by atoms with Crippen molar-refractivity contribution in [3.8, 4) is 11.5 Å². The van der Waals surface area contributed by atoms with Gasteiger partial charge in [0.1, 0.15) is 5.69 Å². The molecule has 0 aliphatic carbocycles. The number of aryl methyl sites for hydroxylation is 1. The number of hydrogen-bond acceptors (Lipinski definition) is 6. The quantitative estimate of drug-likeness (QED) is 0.610. The van der Waals surface area contributed by atoms with Crippen LogP contribution in [0, 0.1) is 0 Å². The Labute approximate surface area is 165 Å². The molecule has 1 aromatic carbocycles. The van der Waals surface area contributed by atoms with Gasteiger partial charge in [0.2, 0.25) is 0 Å².